The smallest absolute Gasteiger partial charge is 0.264 e. The molecule has 5 aromatic rings. The number of ether oxygens (including phenoxy) is 3. The van der Waals surface area contributed by atoms with Gasteiger partial charge in [-0.1, -0.05) is 24.3 Å². The Morgan fingerprint density at radius 1 is 0.885 bits per heavy atom. The lowest BCUT2D eigenvalue weighted by Gasteiger charge is -2.40. The van der Waals surface area contributed by atoms with Crippen molar-refractivity contribution in [3.63, 3.8) is 0 Å². The molecule has 0 saturated carbocycles. The van der Waals surface area contributed by atoms with Crippen LogP contribution >= 0.6 is 0 Å². The number of nitrogens with zero attached hydrogens (tertiary/aromatic N) is 6. The van der Waals surface area contributed by atoms with Crippen molar-refractivity contribution >= 4 is 23.2 Å². The minimum atomic E-state index is -0.276. The van der Waals surface area contributed by atoms with Gasteiger partial charge < -0.3 is 28.8 Å². The number of anilines is 2. The summed E-state index contributed by atoms with van der Waals surface area (Å²) in [6.45, 7) is 6.93. The molecule has 8 rings (SSSR count). The van der Waals surface area contributed by atoms with E-state index in [0.29, 0.717) is 78.2 Å². The van der Waals surface area contributed by atoms with Gasteiger partial charge in [0.05, 0.1) is 36.2 Å². The van der Waals surface area contributed by atoms with E-state index in [0.717, 1.165) is 37.3 Å². The molecule has 1 saturated heterocycles. The molecule has 3 aliphatic rings. The van der Waals surface area contributed by atoms with Gasteiger partial charge >= 0.3 is 0 Å². The SMILES string of the molecule is Cc1c(C(=O)N(c2ccc(O)cc2)c2cnn(C)c2)cc(-c2cc3c(cc2C(=O)N2Cc4ccccc4CC2CN2CCOCC2)OCCO3)n1C. The molecule has 0 aliphatic carbocycles. The van der Waals surface area contributed by atoms with Gasteiger partial charge in [0, 0.05) is 75.2 Å². The van der Waals surface area contributed by atoms with E-state index in [1.165, 1.54) is 5.56 Å². The maximum absolute atomic E-state index is 15.1. The second kappa shape index (κ2) is 13.9. The van der Waals surface area contributed by atoms with E-state index in [4.69, 9.17) is 14.2 Å². The lowest BCUT2D eigenvalue weighted by atomic mass is 9.92. The number of phenolic OH excluding ortho intramolecular Hbond substituents is 1. The molecule has 3 aromatic carbocycles. The Hall–Kier alpha value is -5.59. The third-order valence-electron chi connectivity index (χ3n) is 10.4. The van der Waals surface area contributed by atoms with E-state index >= 15 is 4.79 Å². The van der Waals surface area contributed by atoms with Gasteiger partial charge in [-0.15, -0.1) is 0 Å². The fourth-order valence-corrected chi connectivity index (χ4v) is 7.51. The maximum atomic E-state index is 15.1. The summed E-state index contributed by atoms with van der Waals surface area (Å²) in [5.41, 5.74) is 6.57. The van der Waals surface area contributed by atoms with Crippen molar-refractivity contribution in [2.75, 3.05) is 51.0 Å². The summed E-state index contributed by atoms with van der Waals surface area (Å²) in [7, 11) is 3.70. The number of benzene rings is 3. The van der Waals surface area contributed by atoms with E-state index in [9.17, 15) is 9.90 Å². The molecule has 1 N–H and O–H groups in total. The molecule has 2 amide bonds. The highest BCUT2D eigenvalue weighted by molar-refractivity contribution is 6.12. The van der Waals surface area contributed by atoms with Gasteiger partial charge in [0.1, 0.15) is 19.0 Å². The van der Waals surface area contributed by atoms with Gasteiger partial charge in [-0.2, -0.15) is 5.10 Å². The summed E-state index contributed by atoms with van der Waals surface area (Å²) < 4.78 is 21.3. The van der Waals surface area contributed by atoms with Crippen molar-refractivity contribution in [2.45, 2.75) is 25.9 Å². The summed E-state index contributed by atoms with van der Waals surface area (Å²) in [5, 5.41) is 14.3. The Morgan fingerprint density at radius 2 is 1.60 bits per heavy atom. The average Bonchev–Trinajstić information content (AvgIpc) is 3.72. The van der Waals surface area contributed by atoms with Gasteiger partial charge in [0.2, 0.25) is 0 Å². The molecule has 1 atom stereocenters. The second-order valence-electron chi connectivity index (χ2n) is 13.6. The van der Waals surface area contributed by atoms with Crippen LogP contribution in [0.3, 0.4) is 0 Å². The number of hydrogen-bond acceptors (Lipinski definition) is 8. The van der Waals surface area contributed by atoms with Gasteiger partial charge in [0.25, 0.3) is 11.8 Å². The van der Waals surface area contributed by atoms with Crippen LogP contribution in [-0.2, 0) is 31.8 Å². The standard InChI is InChI=1S/C40H42N6O6/c1-26-33(40(49)46(31-22-41-42(2)24-31)29-8-10-32(47)11-9-29)19-36(43(26)3)34-20-37-38(52-17-16-51-37)21-35(34)39(48)45-23-28-7-5-4-6-27(28)18-30(45)25-44-12-14-50-15-13-44/h4-11,19-22,24,30,47H,12-18,23,25H2,1-3H3. The molecule has 52 heavy (non-hydrogen) atoms. The minimum Gasteiger partial charge on any atom is -0.508 e. The number of carbonyl (C=O) groups excluding carboxylic acids is 2. The van der Waals surface area contributed by atoms with Crippen LogP contribution in [0.5, 0.6) is 17.2 Å². The number of fused-ring (bicyclic) bond motifs is 2. The monoisotopic (exact) mass is 702 g/mol. The largest absolute Gasteiger partial charge is 0.508 e. The Labute approximate surface area is 302 Å². The highest BCUT2D eigenvalue weighted by Gasteiger charge is 2.35. The highest BCUT2D eigenvalue weighted by atomic mass is 16.6. The molecule has 268 valence electrons. The van der Waals surface area contributed by atoms with Crippen molar-refractivity contribution in [3.05, 3.63) is 107 Å². The summed E-state index contributed by atoms with van der Waals surface area (Å²) in [5.74, 6) is 0.798. The fraction of sp³-hybridized carbons (Fsp3) is 0.325. The van der Waals surface area contributed by atoms with Crippen LogP contribution in [-0.4, -0.2) is 93.2 Å². The molecule has 0 spiro atoms. The molecule has 3 aliphatic heterocycles. The second-order valence-corrected chi connectivity index (χ2v) is 13.6. The topological polar surface area (TPSA) is 115 Å². The first-order valence-electron chi connectivity index (χ1n) is 17.7. The number of rotatable bonds is 7. The summed E-state index contributed by atoms with van der Waals surface area (Å²) in [6.07, 6.45) is 4.15. The van der Waals surface area contributed by atoms with Gasteiger partial charge in [-0.05, 0) is 66.9 Å². The van der Waals surface area contributed by atoms with E-state index in [-0.39, 0.29) is 23.6 Å². The number of phenols is 1. The molecule has 1 fully saturated rings. The minimum absolute atomic E-state index is 0.0489. The van der Waals surface area contributed by atoms with Crippen LogP contribution in [0.25, 0.3) is 11.3 Å². The van der Waals surface area contributed by atoms with Crippen LogP contribution in [0.15, 0.2) is 79.1 Å². The zero-order chi connectivity index (χ0) is 35.9. The highest BCUT2D eigenvalue weighted by Crippen LogP contribution is 2.41. The van der Waals surface area contributed by atoms with Crippen molar-refractivity contribution in [3.8, 4) is 28.5 Å². The zero-order valence-corrected chi connectivity index (χ0v) is 29.6. The first-order chi connectivity index (χ1) is 25.2. The summed E-state index contributed by atoms with van der Waals surface area (Å²) >= 11 is 0. The third kappa shape index (κ3) is 6.28. The molecule has 12 nitrogen and oxygen atoms in total. The first-order valence-corrected chi connectivity index (χ1v) is 17.7. The number of carbonyl (C=O) groups is 2. The Bertz CT molecular complexity index is 2130. The van der Waals surface area contributed by atoms with Crippen LogP contribution in [0.2, 0.25) is 0 Å². The Morgan fingerprint density at radius 3 is 2.31 bits per heavy atom. The number of hydrogen-bond donors (Lipinski definition) is 1. The molecule has 5 heterocycles. The van der Waals surface area contributed by atoms with Crippen molar-refractivity contribution in [1.82, 2.24) is 24.1 Å². The van der Waals surface area contributed by atoms with E-state index < -0.39 is 0 Å². The predicted molar refractivity (Wildman–Crippen MR) is 195 cm³/mol. The Balaban J connectivity index is 1.21. The van der Waals surface area contributed by atoms with Crippen LogP contribution in [0.1, 0.15) is 37.5 Å². The molecule has 2 aromatic heterocycles. The van der Waals surface area contributed by atoms with E-state index in [1.807, 2.05) is 41.6 Å². The predicted octanol–water partition coefficient (Wildman–Crippen LogP) is 5.09. The number of aromatic hydroxyl groups is 1. The fourth-order valence-electron chi connectivity index (χ4n) is 7.51. The van der Waals surface area contributed by atoms with E-state index in [2.05, 4.69) is 28.2 Å². The van der Waals surface area contributed by atoms with Crippen LogP contribution in [0, 0.1) is 6.92 Å². The maximum Gasteiger partial charge on any atom is 0.264 e. The summed E-state index contributed by atoms with van der Waals surface area (Å²) in [6, 6.07) is 20.3. The summed E-state index contributed by atoms with van der Waals surface area (Å²) in [4.78, 5) is 35.6. The van der Waals surface area contributed by atoms with Crippen molar-refractivity contribution in [1.29, 1.82) is 0 Å². The Kier molecular flexibility index (Phi) is 8.94. The number of morpholine rings is 1. The van der Waals surface area contributed by atoms with Gasteiger partial charge in [-0.3, -0.25) is 24.1 Å². The molecule has 0 bridgehead atoms. The molecule has 1 unspecified atom stereocenters. The quantitative estimate of drug-likeness (QED) is 0.250. The lowest BCUT2D eigenvalue weighted by Crippen LogP contribution is -2.52. The van der Waals surface area contributed by atoms with Crippen LogP contribution in [0.4, 0.5) is 11.4 Å². The van der Waals surface area contributed by atoms with Crippen molar-refractivity contribution < 1.29 is 28.9 Å². The normalized spacial score (nSPS) is 17.1. The lowest BCUT2D eigenvalue weighted by molar-refractivity contribution is 0.0193. The number of amides is 2. The molecular formula is C40H42N6O6. The van der Waals surface area contributed by atoms with Gasteiger partial charge in [0.15, 0.2) is 11.5 Å². The number of aryl methyl sites for hydroxylation is 1. The first kappa shape index (κ1) is 33.5. The molecule has 0 radical (unpaired) electrons. The van der Waals surface area contributed by atoms with E-state index in [1.54, 1.807) is 59.4 Å². The third-order valence-corrected chi connectivity index (χ3v) is 10.4. The zero-order valence-electron chi connectivity index (χ0n) is 29.6. The average molecular weight is 703 g/mol. The number of aromatic nitrogens is 3. The van der Waals surface area contributed by atoms with Crippen LogP contribution < -0.4 is 14.4 Å². The molecular weight excluding hydrogens is 660 g/mol. The molecule has 12 heteroatoms. The van der Waals surface area contributed by atoms with Gasteiger partial charge in [-0.25, -0.2) is 0 Å². The van der Waals surface area contributed by atoms with Crippen molar-refractivity contribution in [2.24, 2.45) is 14.1 Å².